The van der Waals surface area contributed by atoms with Crippen LogP contribution in [0, 0.1) is 11.6 Å². The van der Waals surface area contributed by atoms with Gasteiger partial charge in [-0.2, -0.15) is 0 Å². The number of nitrogens with one attached hydrogen (secondary N) is 1. The fraction of sp³-hybridized carbons (Fsp3) is 0. The Morgan fingerprint density at radius 1 is 1.38 bits per heavy atom. The molecule has 0 unspecified atom stereocenters. The molecule has 0 spiro atoms. The van der Waals surface area contributed by atoms with Gasteiger partial charge in [0.15, 0.2) is 12.1 Å². The molecule has 0 bridgehead atoms. The summed E-state index contributed by atoms with van der Waals surface area (Å²) < 4.78 is 26.7. The zero-order chi connectivity index (χ0) is 11.7. The van der Waals surface area contributed by atoms with Crippen molar-refractivity contribution in [2.24, 2.45) is 0 Å². The minimum absolute atomic E-state index is 0.00350. The third-order valence-electron chi connectivity index (χ3n) is 1.97. The van der Waals surface area contributed by atoms with Crippen LogP contribution in [0.15, 0.2) is 22.8 Å². The summed E-state index contributed by atoms with van der Waals surface area (Å²) in [5.74, 6) is -1.13. The monoisotopic (exact) mass is 286 g/mol. The first-order chi connectivity index (χ1) is 7.61. The Kier molecular flexibility index (Phi) is 2.82. The van der Waals surface area contributed by atoms with Crippen molar-refractivity contribution in [3.05, 3.63) is 40.3 Å². The highest BCUT2D eigenvalue weighted by Crippen LogP contribution is 2.28. The number of carbonyl (C=O) groups excluding carboxylic acids is 1. The standard InChI is InChI=1S/C10H5BrF2N2O/c11-10-9(14-8(4-16)15-10)6-3-5(12)1-2-7(6)13/h1-4H,(H,14,15). The number of hydrogen-bond acceptors (Lipinski definition) is 2. The van der Waals surface area contributed by atoms with E-state index < -0.39 is 11.6 Å². The number of rotatable bonds is 2. The van der Waals surface area contributed by atoms with E-state index in [2.05, 4.69) is 25.9 Å². The average Bonchev–Trinajstić information content (AvgIpc) is 2.63. The fourth-order valence-corrected chi connectivity index (χ4v) is 1.79. The Bertz CT molecular complexity index is 554. The van der Waals surface area contributed by atoms with Crippen molar-refractivity contribution in [3.8, 4) is 11.3 Å². The summed E-state index contributed by atoms with van der Waals surface area (Å²) in [7, 11) is 0. The molecule has 0 amide bonds. The topological polar surface area (TPSA) is 45.8 Å². The summed E-state index contributed by atoms with van der Waals surface area (Å²) >= 11 is 3.09. The molecule has 0 saturated heterocycles. The number of halogens is 3. The van der Waals surface area contributed by atoms with Crippen molar-refractivity contribution in [1.82, 2.24) is 9.97 Å². The Morgan fingerprint density at radius 2 is 2.12 bits per heavy atom. The van der Waals surface area contributed by atoms with Crippen molar-refractivity contribution in [1.29, 1.82) is 0 Å². The van der Waals surface area contributed by atoms with Gasteiger partial charge < -0.3 is 4.98 Å². The number of aromatic amines is 1. The Balaban J connectivity index is 2.61. The van der Waals surface area contributed by atoms with Gasteiger partial charge in [-0.15, -0.1) is 0 Å². The predicted molar refractivity (Wildman–Crippen MR) is 57.0 cm³/mol. The van der Waals surface area contributed by atoms with Crippen LogP contribution in [0.4, 0.5) is 8.78 Å². The first kappa shape index (κ1) is 10.9. The molecule has 1 aromatic heterocycles. The molecule has 82 valence electrons. The van der Waals surface area contributed by atoms with Crippen molar-refractivity contribution >= 4 is 22.2 Å². The van der Waals surface area contributed by atoms with E-state index in [9.17, 15) is 13.6 Å². The number of aromatic nitrogens is 2. The Hall–Kier alpha value is -1.56. The van der Waals surface area contributed by atoms with Gasteiger partial charge in [0.1, 0.15) is 21.9 Å². The third-order valence-corrected chi connectivity index (χ3v) is 2.55. The van der Waals surface area contributed by atoms with Crippen LogP contribution in [0.1, 0.15) is 10.6 Å². The molecule has 2 aromatic rings. The molecule has 1 aromatic carbocycles. The largest absolute Gasteiger partial charge is 0.330 e. The number of aldehydes is 1. The van der Waals surface area contributed by atoms with Gasteiger partial charge in [0, 0.05) is 5.56 Å². The van der Waals surface area contributed by atoms with E-state index in [1.807, 2.05) is 0 Å². The molecule has 16 heavy (non-hydrogen) atoms. The summed E-state index contributed by atoms with van der Waals surface area (Å²) in [5.41, 5.74) is 0.162. The lowest BCUT2D eigenvalue weighted by atomic mass is 10.1. The lowest BCUT2D eigenvalue weighted by Crippen LogP contribution is -1.88. The van der Waals surface area contributed by atoms with Crippen molar-refractivity contribution in [2.45, 2.75) is 0 Å². The molecule has 2 rings (SSSR count). The molecule has 0 fully saturated rings. The second-order valence-electron chi connectivity index (χ2n) is 3.03. The van der Waals surface area contributed by atoms with Crippen LogP contribution in [0.2, 0.25) is 0 Å². The van der Waals surface area contributed by atoms with E-state index >= 15 is 0 Å². The van der Waals surface area contributed by atoms with Crippen molar-refractivity contribution < 1.29 is 13.6 Å². The molecule has 0 radical (unpaired) electrons. The van der Waals surface area contributed by atoms with Gasteiger partial charge >= 0.3 is 0 Å². The van der Waals surface area contributed by atoms with Crippen LogP contribution >= 0.6 is 15.9 Å². The van der Waals surface area contributed by atoms with E-state index in [1.54, 1.807) is 0 Å². The van der Waals surface area contributed by atoms with E-state index in [1.165, 1.54) is 0 Å². The lowest BCUT2D eigenvalue weighted by Gasteiger charge is -1.99. The molecular weight excluding hydrogens is 282 g/mol. The lowest BCUT2D eigenvalue weighted by molar-refractivity contribution is 0.111. The Labute approximate surface area is 97.6 Å². The van der Waals surface area contributed by atoms with Crippen LogP contribution in [0.25, 0.3) is 11.3 Å². The van der Waals surface area contributed by atoms with Crippen molar-refractivity contribution in [3.63, 3.8) is 0 Å². The highest BCUT2D eigenvalue weighted by Gasteiger charge is 2.14. The van der Waals surface area contributed by atoms with Crippen LogP contribution < -0.4 is 0 Å². The van der Waals surface area contributed by atoms with Gasteiger partial charge in [-0.25, -0.2) is 13.8 Å². The molecular formula is C10H5BrF2N2O. The Morgan fingerprint density at radius 3 is 2.75 bits per heavy atom. The number of carbonyl (C=O) groups is 1. The number of hydrogen-bond donors (Lipinski definition) is 1. The molecule has 3 nitrogen and oxygen atoms in total. The predicted octanol–water partition coefficient (Wildman–Crippen LogP) is 2.93. The number of nitrogens with zero attached hydrogens (tertiary/aromatic N) is 1. The minimum atomic E-state index is -0.606. The van der Waals surface area contributed by atoms with E-state index in [0.29, 0.717) is 10.9 Å². The van der Waals surface area contributed by atoms with Crippen LogP contribution in [-0.2, 0) is 0 Å². The molecule has 1 N–H and O–H groups in total. The van der Waals surface area contributed by atoms with Gasteiger partial charge in [0.25, 0.3) is 0 Å². The first-order valence-electron chi connectivity index (χ1n) is 4.28. The normalized spacial score (nSPS) is 10.4. The van der Waals surface area contributed by atoms with Gasteiger partial charge in [-0.05, 0) is 34.1 Å². The quantitative estimate of drug-likeness (QED) is 0.863. The van der Waals surface area contributed by atoms with Crippen LogP contribution in [0.5, 0.6) is 0 Å². The zero-order valence-corrected chi connectivity index (χ0v) is 9.38. The SMILES string of the molecule is O=Cc1nc(-c2cc(F)ccc2F)c(Br)[nH]1. The molecule has 0 atom stereocenters. The minimum Gasteiger partial charge on any atom is -0.330 e. The maximum atomic E-state index is 13.4. The van der Waals surface area contributed by atoms with E-state index in [4.69, 9.17) is 0 Å². The second kappa shape index (κ2) is 4.13. The second-order valence-corrected chi connectivity index (χ2v) is 3.82. The van der Waals surface area contributed by atoms with Crippen molar-refractivity contribution in [2.75, 3.05) is 0 Å². The molecule has 0 aliphatic heterocycles. The molecule has 1 heterocycles. The van der Waals surface area contributed by atoms with Crippen LogP contribution in [-0.4, -0.2) is 16.3 Å². The molecule has 0 aliphatic carbocycles. The fourth-order valence-electron chi connectivity index (χ4n) is 1.28. The molecule has 6 heteroatoms. The number of benzene rings is 1. The number of imidazole rings is 1. The summed E-state index contributed by atoms with van der Waals surface area (Å²) in [5, 5.41) is 0. The van der Waals surface area contributed by atoms with Gasteiger partial charge in [0.2, 0.25) is 0 Å². The third kappa shape index (κ3) is 1.88. The first-order valence-corrected chi connectivity index (χ1v) is 5.07. The van der Waals surface area contributed by atoms with Crippen LogP contribution in [0.3, 0.4) is 0 Å². The van der Waals surface area contributed by atoms with E-state index in [-0.39, 0.29) is 17.1 Å². The van der Waals surface area contributed by atoms with Gasteiger partial charge in [0.05, 0.1) is 0 Å². The smallest absolute Gasteiger partial charge is 0.185 e. The summed E-state index contributed by atoms with van der Waals surface area (Å²) in [4.78, 5) is 16.9. The highest BCUT2D eigenvalue weighted by atomic mass is 79.9. The molecule has 0 saturated carbocycles. The average molecular weight is 287 g/mol. The highest BCUT2D eigenvalue weighted by molar-refractivity contribution is 9.10. The maximum absolute atomic E-state index is 13.4. The summed E-state index contributed by atoms with van der Waals surface area (Å²) in [6, 6.07) is 3.04. The zero-order valence-electron chi connectivity index (χ0n) is 7.80. The summed E-state index contributed by atoms with van der Waals surface area (Å²) in [6.45, 7) is 0. The number of H-pyrrole nitrogens is 1. The summed E-state index contributed by atoms with van der Waals surface area (Å²) in [6.07, 6.45) is 0.492. The molecule has 0 aliphatic rings. The van der Waals surface area contributed by atoms with E-state index in [0.717, 1.165) is 18.2 Å². The van der Waals surface area contributed by atoms with Gasteiger partial charge in [-0.3, -0.25) is 4.79 Å². The maximum Gasteiger partial charge on any atom is 0.185 e. The van der Waals surface area contributed by atoms with Gasteiger partial charge in [-0.1, -0.05) is 0 Å².